The van der Waals surface area contributed by atoms with E-state index in [0.717, 1.165) is 16.1 Å². The van der Waals surface area contributed by atoms with Crippen LogP contribution in [0.5, 0.6) is 0 Å². The lowest BCUT2D eigenvalue weighted by Gasteiger charge is -2.21. The summed E-state index contributed by atoms with van der Waals surface area (Å²) in [6.45, 7) is 8.38. The van der Waals surface area contributed by atoms with Crippen molar-refractivity contribution in [2.75, 3.05) is 0 Å². The highest BCUT2D eigenvalue weighted by Crippen LogP contribution is 2.31. The summed E-state index contributed by atoms with van der Waals surface area (Å²) < 4.78 is 0. The Morgan fingerprint density at radius 1 is 1.00 bits per heavy atom. The standard InChI is InChI=1S/C17H20ClN/c1-10-8-11(2)16(12(3)9-10)17(19)14-6-5-7-15(18)13(14)4/h5-9,17H,19H2,1-4H3. The first kappa shape index (κ1) is 14.1. The summed E-state index contributed by atoms with van der Waals surface area (Å²) in [6, 6.07) is 10.2. The zero-order valence-corrected chi connectivity index (χ0v) is 12.7. The van der Waals surface area contributed by atoms with E-state index in [4.69, 9.17) is 17.3 Å². The Bertz CT molecular complexity index is 594. The first-order valence-corrected chi connectivity index (χ1v) is 6.88. The molecular formula is C17H20ClN. The number of aryl methyl sites for hydroxylation is 3. The van der Waals surface area contributed by atoms with E-state index in [-0.39, 0.29) is 6.04 Å². The summed E-state index contributed by atoms with van der Waals surface area (Å²) in [4.78, 5) is 0. The fourth-order valence-electron chi connectivity index (χ4n) is 2.80. The highest BCUT2D eigenvalue weighted by molar-refractivity contribution is 6.31. The summed E-state index contributed by atoms with van der Waals surface area (Å²) in [5, 5.41) is 0.773. The van der Waals surface area contributed by atoms with Crippen molar-refractivity contribution in [2.24, 2.45) is 5.73 Å². The third kappa shape index (κ3) is 2.68. The molecule has 1 nitrogen and oxygen atoms in total. The molecule has 2 aromatic carbocycles. The average Bonchev–Trinajstić information content (AvgIpc) is 2.31. The van der Waals surface area contributed by atoms with Crippen LogP contribution in [0.1, 0.15) is 39.4 Å². The van der Waals surface area contributed by atoms with Gasteiger partial charge in [-0.25, -0.2) is 0 Å². The lowest BCUT2D eigenvalue weighted by Crippen LogP contribution is -2.16. The van der Waals surface area contributed by atoms with Crippen LogP contribution in [0, 0.1) is 27.7 Å². The van der Waals surface area contributed by atoms with Gasteiger partial charge in [0.1, 0.15) is 0 Å². The molecule has 100 valence electrons. The smallest absolute Gasteiger partial charge is 0.0560 e. The van der Waals surface area contributed by atoms with Gasteiger partial charge in [0.15, 0.2) is 0 Å². The minimum atomic E-state index is -0.126. The Morgan fingerprint density at radius 2 is 1.58 bits per heavy atom. The SMILES string of the molecule is Cc1cc(C)c(C(N)c2cccc(Cl)c2C)c(C)c1. The highest BCUT2D eigenvalue weighted by Gasteiger charge is 2.17. The predicted molar refractivity (Wildman–Crippen MR) is 82.9 cm³/mol. The summed E-state index contributed by atoms with van der Waals surface area (Å²) in [7, 11) is 0. The number of rotatable bonds is 2. The van der Waals surface area contributed by atoms with E-state index in [2.05, 4.69) is 39.0 Å². The maximum Gasteiger partial charge on any atom is 0.0560 e. The van der Waals surface area contributed by atoms with E-state index in [0.29, 0.717) is 0 Å². The number of nitrogens with two attached hydrogens (primary N) is 1. The van der Waals surface area contributed by atoms with Gasteiger partial charge in [0.2, 0.25) is 0 Å². The van der Waals surface area contributed by atoms with E-state index in [1.807, 2.05) is 19.1 Å². The Morgan fingerprint density at radius 3 is 2.16 bits per heavy atom. The second kappa shape index (κ2) is 5.36. The molecule has 0 aliphatic rings. The van der Waals surface area contributed by atoms with Crippen LogP contribution >= 0.6 is 11.6 Å². The lowest BCUT2D eigenvalue weighted by atomic mass is 9.89. The normalized spacial score (nSPS) is 12.5. The molecule has 2 aromatic rings. The molecule has 1 atom stereocenters. The lowest BCUT2D eigenvalue weighted by molar-refractivity contribution is 0.842. The van der Waals surface area contributed by atoms with Crippen molar-refractivity contribution in [3.63, 3.8) is 0 Å². The van der Waals surface area contributed by atoms with Gasteiger partial charge < -0.3 is 5.73 Å². The predicted octanol–water partition coefficient (Wildman–Crippen LogP) is 4.62. The van der Waals surface area contributed by atoms with Crippen molar-refractivity contribution in [3.8, 4) is 0 Å². The molecule has 0 heterocycles. The third-order valence-electron chi connectivity index (χ3n) is 3.69. The average molecular weight is 274 g/mol. The molecule has 0 spiro atoms. The molecule has 2 N–H and O–H groups in total. The zero-order chi connectivity index (χ0) is 14.2. The molecule has 0 bridgehead atoms. The summed E-state index contributed by atoms with van der Waals surface area (Å²) in [5.74, 6) is 0. The number of benzene rings is 2. The number of halogens is 1. The van der Waals surface area contributed by atoms with Gasteiger partial charge in [0, 0.05) is 5.02 Å². The van der Waals surface area contributed by atoms with Crippen LogP contribution in [0.2, 0.25) is 5.02 Å². The van der Waals surface area contributed by atoms with E-state index in [9.17, 15) is 0 Å². The van der Waals surface area contributed by atoms with Crippen molar-refractivity contribution in [1.82, 2.24) is 0 Å². The van der Waals surface area contributed by atoms with Crippen LogP contribution in [0.3, 0.4) is 0 Å². The van der Waals surface area contributed by atoms with Crippen LogP contribution in [-0.2, 0) is 0 Å². The summed E-state index contributed by atoms with van der Waals surface area (Å²) in [5.41, 5.74) is 13.6. The van der Waals surface area contributed by atoms with E-state index in [1.54, 1.807) is 0 Å². The van der Waals surface area contributed by atoms with Gasteiger partial charge in [-0.3, -0.25) is 0 Å². The minimum Gasteiger partial charge on any atom is -0.320 e. The van der Waals surface area contributed by atoms with Crippen LogP contribution in [0.25, 0.3) is 0 Å². The minimum absolute atomic E-state index is 0.126. The molecule has 0 fully saturated rings. The van der Waals surface area contributed by atoms with Crippen LogP contribution in [0.4, 0.5) is 0 Å². The second-order valence-electron chi connectivity index (χ2n) is 5.24. The first-order chi connectivity index (χ1) is 8.91. The summed E-state index contributed by atoms with van der Waals surface area (Å²) in [6.07, 6.45) is 0. The van der Waals surface area contributed by atoms with Gasteiger partial charge in [0.25, 0.3) is 0 Å². The molecule has 2 heteroatoms. The van der Waals surface area contributed by atoms with Crippen LogP contribution < -0.4 is 5.73 Å². The van der Waals surface area contributed by atoms with Gasteiger partial charge in [-0.1, -0.05) is 41.4 Å². The summed E-state index contributed by atoms with van der Waals surface area (Å²) >= 11 is 6.19. The van der Waals surface area contributed by atoms with Crippen molar-refractivity contribution in [1.29, 1.82) is 0 Å². The van der Waals surface area contributed by atoms with Crippen molar-refractivity contribution < 1.29 is 0 Å². The van der Waals surface area contributed by atoms with E-state index in [1.165, 1.54) is 22.3 Å². The Labute approximate surface area is 120 Å². The maximum atomic E-state index is 6.48. The number of hydrogen-bond donors (Lipinski definition) is 1. The molecule has 0 saturated heterocycles. The van der Waals surface area contributed by atoms with Gasteiger partial charge in [-0.05, 0) is 61.6 Å². The molecule has 0 amide bonds. The Hall–Kier alpha value is -1.31. The molecule has 19 heavy (non-hydrogen) atoms. The first-order valence-electron chi connectivity index (χ1n) is 6.50. The molecule has 1 unspecified atom stereocenters. The van der Waals surface area contributed by atoms with E-state index >= 15 is 0 Å². The molecule has 0 aliphatic heterocycles. The van der Waals surface area contributed by atoms with Crippen LogP contribution in [0.15, 0.2) is 30.3 Å². The topological polar surface area (TPSA) is 26.0 Å². The largest absolute Gasteiger partial charge is 0.320 e. The Balaban J connectivity index is 2.56. The highest BCUT2D eigenvalue weighted by atomic mass is 35.5. The third-order valence-corrected chi connectivity index (χ3v) is 4.10. The molecule has 0 aromatic heterocycles. The van der Waals surface area contributed by atoms with Crippen molar-refractivity contribution >= 4 is 11.6 Å². The molecular weight excluding hydrogens is 254 g/mol. The molecule has 0 aliphatic carbocycles. The fraction of sp³-hybridized carbons (Fsp3) is 0.294. The fourth-order valence-corrected chi connectivity index (χ4v) is 2.98. The Kier molecular flexibility index (Phi) is 3.98. The molecule has 2 rings (SSSR count). The van der Waals surface area contributed by atoms with Gasteiger partial charge >= 0.3 is 0 Å². The molecule has 0 saturated carbocycles. The van der Waals surface area contributed by atoms with Gasteiger partial charge in [0.05, 0.1) is 6.04 Å². The van der Waals surface area contributed by atoms with Crippen LogP contribution in [-0.4, -0.2) is 0 Å². The van der Waals surface area contributed by atoms with E-state index < -0.39 is 0 Å². The monoisotopic (exact) mass is 273 g/mol. The number of hydrogen-bond acceptors (Lipinski definition) is 1. The van der Waals surface area contributed by atoms with Crippen molar-refractivity contribution in [3.05, 3.63) is 68.7 Å². The quantitative estimate of drug-likeness (QED) is 0.849. The maximum absolute atomic E-state index is 6.48. The zero-order valence-electron chi connectivity index (χ0n) is 11.9. The van der Waals surface area contributed by atoms with Gasteiger partial charge in [-0.2, -0.15) is 0 Å². The van der Waals surface area contributed by atoms with Crippen molar-refractivity contribution in [2.45, 2.75) is 33.7 Å². The second-order valence-corrected chi connectivity index (χ2v) is 5.65. The molecule has 0 radical (unpaired) electrons. The van der Waals surface area contributed by atoms with Gasteiger partial charge in [-0.15, -0.1) is 0 Å².